The Hall–Kier alpha value is -0.980. The van der Waals surface area contributed by atoms with Gasteiger partial charge in [0.05, 0.1) is 19.3 Å². The van der Waals surface area contributed by atoms with Gasteiger partial charge in [0, 0.05) is 22.1 Å². The summed E-state index contributed by atoms with van der Waals surface area (Å²) >= 11 is 3.86. The van der Waals surface area contributed by atoms with Crippen molar-refractivity contribution in [2.45, 2.75) is 38.1 Å². The molecule has 21 heavy (non-hydrogen) atoms. The van der Waals surface area contributed by atoms with Gasteiger partial charge in [-0.15, -0.1) is 11.3 Å². The van der Waals surface area contributed by atoms with Crippen LogP contribution in [-0.2, 0) is 18.7 Å². The molecular formula is C15H21N3OS2. The van der Waals surface area contributed by atoms with E-state index >= 15 is 0 Å². The number of fused-ring (bicyclic) bond motifs is 1. The lowest BCUT2D eigenvalue weighted by Crippen LogP contribution is -2.17. The van der Waals surface area contributed by atoms with E-state index in [1.165, 1.54) is 27.5 Å². The minimum atomic E-state index is -0.158. The van der Waals surface area contributed by atoms with Crippen LogP contribution in [-0.4, -0.2) is 22.6 Å². The van der Waals surface area contributed by atoms with E-state index in [1.54, 1.807) is 13.3 Å². The quantitative estimate of drug-likeness (QED) is 0.918. The van der Waals surface area contributed by atoms with Crippen molar-refractivity contribution in [3.63, 3.8) is 0 Å². The van der Waals surface area contributed by atoms with Gasteiger partial charge in [0.1, 0.15) is 5.69 Å². The van der Waals surface area contributed by atoms with Crippen molar-refractivity contribution >= 4 is 23.1 Å². The number of thioether (sulfide) groups is 1. The minimum Gasteiger partial charge on any atom is -0.493 e. The summed E-state index contributed by atoms with van der Waals surface area (Å²) < 4.78 is 7.44. The Morgan fingerprint density at radius 3 is 3.10 bits per heavy atom. The van der Waals surface area contributed by atoms with E-state index in [0.29, 0.717) is 0 Å². The third-order valence-corrected chi connectivity index (χ3v) is 6.08. The molecule has 1 aliphatic heterocycles. The van der Waals surface area contributed by atoms with Crippen molar-refractivity contribution in [1.29, 1.82) is 0 Å². The number of hydrogen-bond donors (Lipinski definition) is 1. The van der Waals surface area contributed by atoms with E-state index in [9.17, 15) is 0 Å². The van der Waals surface area contributed by atoms with E-state index in [1.807, 2.05) is 27.8 Å². The second-order valence-corrected chi connectivity index (χ2v) is 7.47. The van der Waals surface area contributed by atoms with Crippen LogP contribution in [0.25, 0.3) is 0 Å². The predicted octanol–water partition coefficient (Wildman–Crippen LogP) is 3.20. The molecule has 0 aliphatic carbocycles. The van der Waals surface area contributed by atoms with Gasteiger partial charge >= 0.3 is 0 Å². The highest BCUT2D eigenvalue weighted by molar-refractivity contribution is 7.98. The standard InChI is InChI=1S/C15H21N3OS2/c1-3-5-18-15(11(19-2)8-17-18)14(16)13-7-10-9-20-6-4-12(10)21-13/h7-8,14H,3-6,9,16H2,1-2H3. The van der Waals surface area contributed by atoms with Crippen LogP contribution in [0.4, 0.5) is 0 Å². The smallest absolute Gasteiger partial charge is 0.161 e. The Kier molecular flexibility index (Phi) is 4.57. The fraction of sp³-hybridized carbons (Fsp3) is 0.533. The number of aryl methyl sites for hydroxylation is 2. The molecular weight excluding hydrogens is 302 g/mol. The Labute approximate surface area is 133 Å². The molecule has 0 radical (unpaired) electrons. The maximum atomic E-state index is 6.54. The molecule has 2 aromatic heterocycles. The first-order chi connectivity index (χ1) is 10.2. The highest BCUT2D eigenvalue weighted by Gasteiger charge is 2.24. The zero-order valence-corrected chi connectivity index (χ0v) is 14.1. The molecule has 0 saturated carbocycles. The number of thiophene rings is 1. The molecule has 0 fully saturated rings. The van der Waals surface area contributed by atoms with Gasteiger partial charge in [-0.25, -0.2) is 0 Å². The van der Waals surface area contributed by atoms with Crippen LogP contribution in [0.5, 0.6) is 5.75 Å². The number of aromatic nitrogens is 2. The molecule has 3 rings (SSSR count). The van der Waals surface area contributed by atoms with Crippen LogP contribution < -0.4 is 10.5 Å². The summed E-state index contributed by atoms with van der Waals surface area (Å²) in [5.74, 6) is 3.13. The molecule has 0 amide bonds. The molecule has 114 valence electrons. The Morgan fingerprint density at radius 1 is 1.52 bits per heavy atom. The molecule has 0 aromatic carbocycles. The van der Waals surface area contributed by atoms with Gasteiger partial charge in [-0.1, -0.05) is 6.92 Å². The maximum Gasteiger partial charge on any atom is 0.161 e. The lowest BCUT2D eigenvalue weighted by atomic mass is 10.1. The fourth-order valence-corrected chi connectivity index (χ4v) is 5.08. The zero-order valence-electron chi connectivity index (χ0n) is 12.5. The number of nitrogens with zero attached hydrogens (tertiary/aromatic N) is 2. The van der Waals surface area contributed by atoms with Gasteiger partial charge in [0.15, 0.2) is 5.75 Å². The first kappa shape index (κ1) is 14.9. The maximum absolute atomic E-state index is 6.54. The Balaban J connectivity index is 1.95. The average molecular weight is 323 g/mol. The van der Waals surface area contributed by atoms with Crippen LogP contribution in [0.2, 0.25) is 0 Å². The van der Waals surface area contributed by atoms with Crippen molar-refractivity contribution in [3.05, 3.63) is 33.3 Å². The number of rotatable bonds is 5. The van der Waals surface area contributed by atoms with E-state index in [4.69, 9.17) is 10.5 Å². The van der Waals surface area contributed by atoms with E-state index < -0.39 is 0 Å². The molecule has 0 bridgehead atoms. The SMILES string of the molecule is CCCn1ncc(OC)c1C(N)c1cc2c(s1)CCSC2. The summed E-state index contributed by atoms with van der Waals surface area (Å²) in [5.41, 5.74) is 8.99. The number of ether oxygens (including phenoxy) is 1. The molecule has 0 spiro atoms. The van der Waals surface area contributed by atoms with Gasteiger partial charge < -0.3 is 10.5 Å². The average Bonchev–Trinajstić information content (AvgIpc) is 3.10. The summed E-state index contributed by atoms with van der Waals surface area (Å²) in [4.78, 5) is 2.72. The van der Waals surface area contributed by atoms with Crippen molar-refractivity contribution in [2.24, 2.45) is 5.73 Å². The first-order valence-corrected chi connectivity index (χ1v) is 9.26. The lowest BCUT2D eigenvalue weighted by Gasteiger charge is -2.14. The topological polar surface area (TPSA) is 53.1 Å². The first-order valence-electron chi connectivity index (χ1n) is 7.29. The van der Waals surface area contributed by atoms with Crippen LogP contribution in [0, 0.1) is 0 Å². The molecule has 2 N–H and O–H groups in total. The van der Waals surface area contributed by atoms with Crippen molar-refractivity contribution in [3.8, 4) is 5.75 Å². The van der Waals surface area contributed by atoms with Crippen molar-refractivity contribution in [2.75, 3.05) is 12.9 Å². The highest BCUT2D eigenvalue weighted by Crippen LogP contribution is 2.37. The number of methoxy groups -OCH3 is 1. The third-order valence-electron chi connectivity index (χ3n) is 3.75. The van der Waals surface area contributed by atoms with Crippen LogP contribution in [0.1, 0.15) is 40.4 Å². The van der Waals surface area contributed by atoms with Gasteiger partial charge in [-0.2, -0.15) is 16.9 Å². The van der Waals surface area contributed by atoms with Gasteiger partial charge in [0.25, 0.3) is 0 Å². The summed E-state index contributed by atoms with van der Waals surface area (Å²) in [5, 5.41) is 4.42. The molecule has 1 atom stereocenters. The second kappa shape index (κ2) is 6.42. The van der Waals surface area contributed by atoms with Gasteiger partial charge in [0.2, 0.25) is 0 Å². The largest absolute Gasteiger partial charge is 0.493 e. The monoisotopic (exact) mass is 323 g/mol. The lowest BCUT2D eigenvalue weighted by molar-refractivity contribution is 0.404. The molecule has 2 aromatic rings. The fourth-order valence-electron chi connectivity index (χ4n) is 2.70. The number of nitrogens with two attached hydrogens (primary N) is 1. The predicted molar refractivity (Wildman–Crippen MR) is 89.3 cm³/mol. The van der Waals surface area contributed by atoms with Crippen LogP contribution in [0.3, 0.4) is 0 Å². The molecule has 1 aliphatic rings. The van der Waals surface area contributed by atoms with Crippen LogP contribution in [0.15, 0.2) is 12.3 Å². The zero-order chi connectivity index (χ0) is 14.8. The van der Waals surface area contributed by atoms with Crippen molar-refractivity contribution < 1.29 is 4.74 Å². The van der Waals surface area contributed by atoms with Crippen LogP contribution >= 0.6 is 23.1 Å². The Morgan fingerprint density at radius 2 is 2.38 bits per heavy atom. The summed E-state index contributed by atoms with van der Waals surface area (Å²) in [6.45, 7) is 3.01. The van der Waals surface area contributed by atoms with Crippen molar-refractivity contribution in [1.82, 2.24) is 9.78 Å². The van der Waals surface area contributed by atoms with E-state index in [2.05, 4.69) is 18.1 Å². The van der Waals surface area contributed by atoms with Gasteiger partial charge in [-0.3, -0.25) is 4.68 Å². The third kappa shape index (κ3) is 2.84. The summed E-state index contributed by atoms with van der Waals surface area (Å²) in [6.07, 6.45) is 3.97. The number of hydrogen-bond acceptors (Lipinski definition) is 5. The van der Waals surface area contributed by atoms with Gasteiger partial charge in [-0.05, 0) is 30.2 Å². The summed E-state index contributed by atoms with van der Waals surface area (Å²) in [6, 6.07) is 2.12. The van der Waals surface area contributed by atoms with E-state index in [-0.39, 0.29) is 6.04 Å². The van der Waals surface area contributed by atoms with E-state index in [0.717, 1.165) is 30.2 Å². The molecule has 1 unspecified atom stereocenters. The molecule has 0 saturated heterocycles. The molecule has 3 heterocycles. The molecule has 4 nitrogen and oxygen atoms in total. The minimum absolute atomic E-state index is 0.158. The Bertz CT molecular complexity index is 597. The summed E-state index contributed by atoms with van der Waals surface area (Å²) in [7, 11) is 1.68. The second-order valence-electron chi connectivity index (χ2n) is 5.20. The highest BCUT2D eigenvalue weighted by atomic mass is 32.2. The normalized spacial score (nSPS) is 15.8. The molecule has 6 heteroatoms.